The zero-order valence-electron chi connectivity index (χ0n) is 21.8. The number of rotatable bonds is 11. The first-order valence-electron chi connectivity index (χ1n) is 12.3. The summed E-state index contributed by atoms with van der Waals surface area (Å²) in [7, 11) is -4.27. The number of carbonyl (C=O) groups excluding carboxylic acids is 2. The van der Waals surface area contributed by atoms with Crippen molar-refractivity contribution in [3.8, 4) is 0 Å². The lowest BCUT2D eigenvalue weighted by Crippen LogP contribution is -2.52. The number of anilines is 1. The van der Waals surface area contributed by atoms with Crippen molar-refractivity contribution in [2.24, 2.45) is 0 Å². The van der Waals surface area contributed by atoms with Crippen LogP contribution in [0.4, 0.5) is 10.1 Å². The highest BCUT2D eigenvalue weighted by Gasteiger charge is 2.33. The van der Waals surface area contributed by atoms with Crippen LogP contribution in [0, 0.1) is 5.82 Å². The Kier molecular flexibility index (Phi) is 10.4. The molecule has 1 N–H and O–H groups in total. The van der Waals surface area contributed by atoms with Crippen molar-refractivity contribution in [2.75, 3.05) is 10.8 Å². The molecule has 0 aliphatic heterocycles. The summed E-state index contributed by atoms with van der Waals surface area (Å²) >= 11 is 12.3. The van der Waals surface area contributed by atoms with E-state index in [4.69, 9.17) is 23.2 Å². The van der Waals surface area contributed by atoms with Gasteiger partial charge < -0.3 is 10.2 Å². The van der Waals surface area contributed by atoms with Gasteiger partial charge in [-0.2, -0.15) is 0 Å². The number of benzene rings is 3. The Bertz CT molecular complexity index is 1400. The smallest absolute Gasteiger partial charge is 0.264 e. The van der Waals surface area contributed by atoms with E-state index in [1.807, 2.05) is 13.8 Å². The van der Waals surface area contributed by atoms with Crippen LogP contribution in [-0.2, 0) is 26.2 Å². The summed E-state index contributed by atoms with van der Waals surface area (Å²) in [5.74, 6) is -1.72. The molecule has 0 radical (unpaired) electrons. The van der Waals surface area contributed by atoms with Crippen molar-refractivity contribution in [1.29, 1.82) is 0 Å². The Balaban J connectivity index is 2.06. The predicted molar refractivity (Wildman–Crippen MR) is 152 cm³/mol. The fourth-order valence-corrected chi connectivity index (χ4v) is 5.72. The van der Waals surface area contributed by atoms with E-state index in [9.17, 15) is 22.4 Å². The highest BCUT2D eigenvalue weighted by molar-refractivity contribution is 7.92. The summed E-state index contributed by atoms with van der Waals surface area (Å²) in [5, 5.41) is 3.17. The van der Waals surface area contributed by atoms with Crippen molar-refractivity contribution in [3.05, 3.63) is 94.2 Å². The molecule has 0 spiro atoms. The third-order valence-electron chi connectivity index (χ3n) is 6.21. The monoisotopic (exact) mass is 593 g/mol. The third kappa shape index (κ3) is 7.71. The topological polar surface area (TPSA) is 86.8 Å². The number of amides is 2. The molecule has 0 aliphatic rings. The molecule has 11 heteroatoms. The van der Waals surface area contributed by atoms with Crippen LogP contribution in [0.15, 0.2) is 77.7 Å². The molecule has 2 atom stereocenters. The minimum absolute atomic E-state index is 0.0582. The Morgan fingerprint density at radius 2 is 1.54 bits per heavy atom. The van der Waals surface area contributed by atoms with Crippen LogP contribution in [0.1, 0.15) is 32.8 Å². The van der Waals surface area contributed by atoms with Crippen molar-refractivity contribution in [1.82, 2.24) is 10.2 Å². The van der Waals surface area contributed by atoms with Gasteiger partial charge >= 0.3 is 0 Å². The molecule has 3 aromatic carbocycles. The van der Waals surface area contributed by atoms with Gasteiger partial charge in [0, 0.05) is 28.2 Å². The summed E-state index contributed by atoms with van der Waals surface area (Å²) in [6.07, 6.45) is 0.665. The first kappa shape index (κ1) is 30.4. The van der Waals surface area contributed by atoms with Crippen molar-refractivity contribution >= 4 is 50.7 Å². The van der Waals surface area contributed by atoms with E-state index in [1.54, 1.807) is 24.3 Å². The van der Waals surface area contributed by atoms with Gasteiger partial charge in [0.05, 0.1) is 10.6 Å². The van der Waals surface area contributed by atoms with E-state index in [1.165, 1.54) is 55.5 Å². The standard InChI is InChI=1S/C28H30Cl2FN3O4S/c1-4-19(2)32-28(36)20(3)33(17-21-10-8-9-13-26(21)31)27(35)18-34(24-15-22(29)14-23(30)16-24)39(37,38)25-11-6-5-7-12-25/h5-16,19-20H,4,17-18H2,1-3H3,(H,32,36)/t19-,20-/m1/s1. The molecule has 0 aliphatic carbocycles. The van der Waals surface area contributed by atoms with Crippen LogP contribution < -0.4 is 9.62 Å². The SMILES string of the molecule is CC[C@@H](C)NC(=O)[C@@H](C)N(Cc1ccccc1F)C(=O)CN(c1cc(Cl)cc(Cl)c1)S(=O)(=O)c1ccccc1. The molecule has 2 amide bonds. The summed E-state index contributed by atoms with van der Waals surface area (Å²) in [6.45, 7) is 4.30. The average Bonchev–Trinajstić information content (AvgIpc) is 2.90. The molecule has 0 unspecified atom stereocenters. The van der Waals surface area contributed by atoms with Gasteiger partial charge in [0.2, 0.25) is 11.8 Å². The second-order valence-corrected chi connectivity index (χ2v) is 11.8. The number of hydrogen-bond acceptors (Lipinski definition) is 4. The quantitative estimate of drug-likeness (QED) is 0.311. The van der Waals surface area contributed by atoms with E-state index in [2.05, 4.69) is 5.32 Å². The average molecular weight is 595 g/mol. The molecule has 0 fully saturated rings. The van der Waals surface area contributed by atoms with Crippen LogP contribution in [0.25, 0.3) is 0 Å². The summed E-state index contributed by atoms with van der Waals surface area (Å²) in [6, 6.07) is 16.5. The summed E-state index contributed by atoms with van der Waals surface area (Å²) in [4.78, 5) is 28.0. The second-order valence-electron chi connectivity index (χ2n) is 9.06. The molecule has 3 rings (SSSR count). The molecule has 0 saturated carbocycles. The highest BCUT2D eigenvalue weighted by atomic mass is 35.5. The fourth-order valence-electron chi connectivity index (χ4n) is 3.79. The molecular formula is C28H30Cl2FN3O4S. The maximum absolute atomic E-state index is 14.6. The maximum atomic E-state index is 14.6. The second kappa shape index (κ2) is 13.3. The number of nitrogens with one attached hydrogen (secondary N) is 1. The predicted octanol–water partition coefficient (Wildman–Crippen LogP) is 5.66. The van der Waals surface area contributed by atoms with Gasteiger partial charge in [-0.3, -0.25) is 13.9 Å². The zero-order valence-corrected chi connectivity index (χ0v) is 24.1. The molecule has 0 saturated heterocycles. The van der Waals surface area contributed by atoms with E-state index in [0.29, 0.717) is 6.42 Å². The lowest BCUT2D eigenvalue weighted by molar-refractivity contribution is -0.139. The molecule has 7 nitrogen and oxygen atoms in total. The minimum atomic E-state index is -4.27. The zero-order chi connectivity index (χ0) is 28.7. The van der Waals surface area contributed by atoms with Crippen LogP contribution in [0.2, 0.25) is 10.0 Å². The molecular weight excluding hydrogens is 564 g/mol. The Morgan fingerprint density at radius 3 is 2.13 bits per heavy atom. The molecule has 0 heterocycles. The van der Waals surface area contributed by atoms with Gasteiger partial charge in [-0.25, -0.2) is 12.8 Å². The van der Waals surface area contributed by atoms with Crippen molar-refractivity contribution < 1.29 is 22.4 Å². The van der Waals surface area contributed by atoms with E-state index < -0.39 is 40.2 Å². The van der Waals surface area contributed by atoms with Gasteiger partial charge in [0.25, 0.3) is 10.0 Å². The van der Waals surface area contributed by atoms with E-state index in [-0.39, 0.29) is 38.8 Å². The van der Waals surface area contributed by atoms with E-state index >= 15 is 0 Å². The van der Waals surface area contributed by atoms with Crippen molar-refractivity contribution in [2.45, 2.75) is 50.7 Å². The molecule has 39 heavy (non-hydrogen) atoms. The first-order valence-corrected chi connectivity index (χ1v) is 14.5. The van der Waals surface area contributed by atoms with Crippen molar-refractivity contribution in [3.63, 3.8) is 0 Å². The Morgan fingerprint density at radius 1 is 0.949 bits per heavy atom. The molecule has 0 bridgehead atoms. The fraction of sp³-hybridized carbons (Fsp3) is 0.286. The normalized spacial score (nSPS) is 12.9. The Labute approximate surface area is 238 Å². The number of carbonyl (C=O) groups is 2. The molecule has 3 aromatic rings. The van der Waals surface area contributed by atoms with Crippen LogP contribution in [-0.4, -0.2) is 43.8 Å². The number of nitrogens with zero attached hydrogens (tertiary/aromatic N) is 2. The van der Waals surface area contributed by atoms with Gasteiger partial charge in [-0.15, -0.1) is 0 Å². The minimum Gasteiger partial charge on any atom is -0.352 e. The Hall–Kier alpha value is -3.14. The lowest BCUT2D eigenvalue weighted by atomic mass is 10.1. The largest absolute Gasteiger partial charge is 0.352 e. The van der Waals surface area contributed by atoms with Crippen LogP contribution >= 0.6 is 23.2 Å². The highest BCUT2D eigenvalue weighted by Crippen LogP contribution is 2.30. The van der Waals surface area contributed by atoms with Gasteiger partial charge in [0.1, 0.15) is 18.4 Å². The maximum Gasteiger partial charge on any atom is 0.264 e. The summed E-state index contributed by atoms with van der Waals surface area (Å²) < 4.78 is 43.0. The van der Waals surface area contributed by atoms with Gasteiger partial charge in [-0.1, -0.05) is 66.5 Å². The van der Waals surface area contributed by atoms with Crippen LogP contribution in [0.5, 0.6) is 0 Å². The lowest BCUT2D eigenvalue weighted by Gasteiger charge is -2.32. The number of halogens is 3. The number of sulfonamides is 1. The molecule has 0 aromatic heterocycles. The first-order chi connectivity index (χ1) is 18.4. The molecule has 208 valence electrons. The van der Waals surface area contributed by atoms with E-state index in [0.717, 1.165) is 9.21 Å². The van der Waals surface area contributed by atoms with Gasteiger partial charge in [-0.05, 0) is 56.7 Å². The number of hydrogen-bond donors (Lipinski definition) is 1. The summed E-state index contributed by atoms with van der Waals surface area (Å²) in [5.41, 5.74) is 0.240. The third-order valence-corrected chi connectivity index (χ3v) is 8.44. The van der Waals surface area contributed by atoms with Gasteiger partial charge in [0.15, 0.2) is 0 Å². The van der Waals surface area contributed by atoms with Crippen LogP contribution in [0.3, 0.4) is 0 Å².